The molecule has 0 saturated carbocycles. The Balaban J connectivity index is 1.60. The molecule has 1 heterocycles. The summed E-state index contributed by atoms with van der Waals surface area (Å²) in [6.45, 7) is 0. The van der Waals surface area contributed by atoms with Crippen LogP contribution in [0, 0.1) is 0 Å². The summed E-state index contributed by atoms with van der Waals surface area (Å²) < 4.78 is 0. The Morgan fingerprint density at radius 3 is 2.58 bits per heavy atom. The van der Waals surface area contributed by atoms with Gasteiger partial charge in [0.2, 0.25) is 5.91 Å². The van der Waals surface area contributed by atoms with Crippen molar-refractivity contribution in [2.75, 3.05) is 24.3 Å². The number of anilines is 2. The Hall–Kier alpha value is -2.08. The third-order valence-corrected chi connectivity index (χ3v) is 4.36. The van der Waals surface area contributed by atoms with Crippen LogP contribution in [0.25, 0.3) is 0 Å². The number of nitrogens with one attached hydrogen (secondary N) is 3. The summed E-state index contributed by atoms with van der Waals surface area (Å²) in [5.41, 5.74) is 9.18. The van der Waals surface area contributed by atoms with Gasteiger partial charge >= 0.3 is 0 Å². The summed E-state index contributed by atoms with van der Waals surface area (Å²) in [6, 6.07) is 15.2. The van der Waals surface area contributed by atoms with Crippen molar-refractivity contribution in [3.63, 3.8) is 0 Å². The van der Waals surface area contributed by atoms with E-state index in [-0.39, 0.29) is 18.0 Å². The SMILES string of the molecule is CN(C)c1ccc(NC(=O)C2CC(c3cccc(Cl)c3)NN2)cc1. The molecule has 0 aromatic heterocycles. The highest BCUT2D eigenvalue weighted by Gasteiger charge is 2.30. The molecule has 0 radical (unpaired) electrons. The number of benzene rings is 2. The van der Waals surface area contributed by atoms with E-state index in [0.717, 1.165) is 16.9 Å². The number of halogens is 1. The maximum absolute atomic E-state index is 12.4. The van der Waals surface area contributed by atoms with Crippen molar-refractivity contribution in [1.29, 1.82) is 0 Å². The molecule has 1 aliphatic heterocycles. The summed E-state index contributed by atoms with van der Waals surface area (Å²) in [5, 5.41) is 3.64. The van der Waals surface area contributed by atoms with Crippen LogP contribution < -0.4 is 21.1 Å². The summed E-state index contributed by atoms with van der Waals surface area (Å²) in [5.74, 6) is -0.0513. The van der Waals surface area contributed by atoms with E-state index in [1.807, 2.05) is 67.5 Å². The minimum atomic E-state index is -0.289. The van der Waals surface area contributed by atoms with Crippen molar-refractivity contribution < 1.29 is 4.79 Å². The van der Waals surface area contributed by atoms with Gasteiger partial charge in [-0.1, -0.05) is 23.7 Å². The van der Waals surface area contributed by atoms with E-state index < -0.39 is 0 Å². The second kappa shape index (κ2) is 7.21. The molecule has 2 aromatic carbocycles. The quantitative estimate of drug-likeness (QED) is 0.798. The van der Waals surface area contributed by atoms with Crippen LogP contribution in [0.4, 0.5) is 11.4 Å². The van der Waals surface area contributed by atoms with Crippen LogP contribution in [0.3, 0.4) is 0 Å². The number of nitrogens with zero attached hydrogens (tertiary/aromatic N) is 1. The summed E-state index contributed by atoms with van der Waals surface area (Å²) >= 11 is 6.03. The molecule has 0 bridgehead atoms. The number of hydrogen-bond acceptors (Lipinski definition) is 4. The Kier molecular flexibility index (Phi) is 5.04. The molecule has 126 valence electrons. The van der Waals surface area contributed by atoms with E-state index in [4.69, 9.17) is 11.6 Å². The summed E-state index contributed by atoms with van der Waals surface area (Å²) in [4.78, 5) is 14.4. The van der Waals surface area contributed by atoms with E-state index in [0.29, 0.717) is 11.4 Å². The van der Waals surface area contributed by atoms with Gasteiger partial charge in [0.05, 0.1) is 0 Å². The van der Waals surface area contributed by atoms with Gasteiger partial charge < -0.3 is 10.2 Å². The number of carbonyl (C=O) groups excluding carboxylic acids is 1. The van der Waals surface area contributed by atoms with Gasteiger partial charge in [-0.2, -0.15) is 0 Å². The summed E-state index contributed by atoms with van der Waals surface area (Å²) in [7, 11) is 3.97. The topological polar surface area (TPSA) is 56.4 Å². The second-order valence-corrected chi connectivity index (χ2v) is 6.55. The molecule has 1 aliphatic rings. The predicted octanol–water partition coefficient (Wildman–Crippen LogP) is 2.95. The molecule has 2 aromatic rings. The monoisotopic (exact) mass is 344 g/mol. The lowest BCUT2D eigenvalue weighted by molar-refractivity contribution is -0.117. The minimum absolute atomic E-state index is 0.0513. The van der Waals surface area contributed by atoms with Crippen LogP contribution in [-0.2, 0) is 4.79 Å². The third kappa shape index (κ3) is 3.87. The molecule has 5 nitrogen and oxygen atoms in total. The van der Waals surface area contributed by atoms with Crippen LogP contribution in [0.15, 0.2) is 48.5 Å². The number of hydrazine groups is 1. The maximum atomic E-state index is 12.4. The van der Waals surface area contributed by atoms with E-state index in [9.17, 15) is 4.79 Å². The van der Waals surface area contributed by atoms with Crippen molar-refractivity contribution in [3.8, 4) is 0 Å². The van der Waals surface area contributed by atoms with E-state index in [2.05, 4.69) is 16.2 Å². The predicted molar refractivity (Wildman–Crippen MR) is 98.3 cm³/mol. The van der Waals surface area contributed by atoms with Gasteiger partial charge in [0.1, 0.15) is 6.04 Å². The number of amides is 1. The Morgan fingerprint density at radius 1 is 1.17 bits per heavy atom. The van der Waals surface area contributed by atoms with Crippen LogP contribution >= 0.6 is 11.6 Å². The van der Waals surface area contributed by atoms with Crippen molar-refractivity contribution in [2.24, 2.45) is 0 Å². The zero-order valence-corrected chi connectivity index (χ0v) is 14.5. The maximum Gasteiger partial charge on any atom is 0.242 e. The molecule has 0 spiro atoms. The van der Waals surface area contributed by atoms with E-state index in [1.165, 1.54) is 0 Å². The lowest BCUT2D eigenvalue weighted by Crippen LogP contribution is -2.39. The molecular formula is C18H21ClN4O. The molecular weight excluding hydrogens is 324 g/mol. The lowest BCUT2D eigenvalue weighted by Gasteiger charge is -2.14. The lowest BCUT2D eigenvalue weighted by atomic mass is 10.0. The Morgan fingerprint density at radius 2 is 1.92 bits per heavy atom. The minimum Gasteiger partial charge on any atom is -0.378 e. The molecule has 3 rings (SSSR count). The molecule has 1 fully saturated rings. The normalized spacial score (nSPS) is 20.0. The first-order valence-corrected chi connectivity index (χ1v) is 8.25. The highest BCUT2D eigenvalue weighted by Crippen LogP contribution is 2.25. The molecule has 2 unspecified atom stereocenters. The molecule has 0 aliphatic carbocycles. The highest BCUT2D eigenvalue weighted by atomic mass is 35.5. The van der Waals surface area contributed by atoms with Crippen molar-refractivity contribution >= 4 is 28.9 Å². The van der Waals surface area contributed by atoms with Gasteiger partial charge in [-0.3, -0.25) is 4.79 Å². The van der Waals surface area contributed by atoms with E-state index >= 15 is 0 Å². The van der Waals surface area contributed by atoms with E-state index in [1.54, 1.807) is 0 Å². The van der Waals surface area contributed by atoms with Crippen LogP contribution in [0.5, 0.6) is 0 Å². The summed E-state index contributed by atoms with van der Waals surface area (Å²) in [6.07, 6.45) is 0.669. The first kappa shape index (κ1) is 16.8. The molecule has 6 heteroatoms. The van der Waals surface area contributed by atoms with Crippen LogP contribution in [-0.4, -0.2) is 26.0 Å². The fourth-order valence-electron chi connectivity index (χ4n) is 2.74. The zero-order valence-electron chi connectivity index (χ0n) is 13.7. The van der Waals surface area contributed by atoms with Gasteiger partial charge in [0.25, 0.3) is 0 Å². The largest absolute Gasteiger partial charge is 0.378 e. The van der Waals surface area contributed by atoms with Crippen LogP contribution in [0.2, 0.25) is 5.02 Å². The van der Waals surface area contributed by atoms with Gasteiger partial charge in [-0.15, -0.1) is 0 Å². The molecule has 3 N–H and O–H groups in total. The smallest absolute Gasteiger partial charge is 0.242 e. The third-order valence-electron chi connectivity index (χ3n) is 4.12. The van der Waals surface area contributed by atoms with Crippen molar-refractivity contribution in [2.45, 2.75) is 18.5 Å². The first-order valence-electron chi connectivity index (χ1n) is 7.88. The van der Waals surface area contributed by atoms with Gasteiger partial charge in [0.15, 0.2) is 0 Å². The van der Waals surface area contributed by atoms with Gasteiger partial charge in [-0.05, 0) is 48.4 Å². The van der Waals surface area contributed by atoms with Gasteiger partial charge in [0, 0.05) is 36.5 Å². The molecule has 1 saturated heterocycles. The molecule has 2 atom stereocenters. The molecule has 1 amide bonds. The standard InChI is InChI=1S/C18H21ClN4O/c1-23(2)15-8-6-14(7-9-15)20-18(24)17-11-16(21-22-17)12-4-3-5-13(19)10-12/h3-10,16-17,21-22H,11H2,1-2H3,(H,20,24). The fraction of sp³-hybridized carbons (Fsp3) is 0.278. The van der Waals surface area contributed by atoms with Crippen molar-refractivity contribution in [3.05, 3.63) is 59.1 Å². The first-order chi connectivity index (χ1) is 11.5. The van der Waals surface area contributed by atoms with Crippen LogP contribution in [0.1, 0.15) is 18.0 Å². The average Bonchev–Trinajstić information content (AvgIpc) is 3.05. The Labute approximate surface area is 147 Å². The van der Waals surface area contributed by atoms with Crippen molar-refractivity contribution in [1.82, 2.24) is 10.9 Å². The second-order valence-electron chi connectivity index (χ2n) is 6.12. The fourth-order valence-corrected chi connectivity index (χ4v) is 2.94. The molecule has 24 heavy (non-hydrogen) atoms. The number of rotatable bonds is 4. The Bertz CT molecular complexity index is 717. The zero-order chi connectivity index (χ0) is 17.1. The highest BCUT2D eigenvalue weighted by molar-refractivity contribution is 6.30. The number of hydrogen-bond donors (Lipinski definition) is 3. The van der Waals surface area contributed by atoms with Gasteiger partial charge in [-0.25, -0.2) is 10.9 Å². The average molecular weight is 345 g/mol. The number of carbonyl (C=O) groups is 1.